The van der Waals surface area contributed by atoms with Gasteiger partial charge in [0.05, 0.1) is 0 Å². The van der Waals surface area contributed by atoms with Crippen LogP contribution in [0.25, 0.3) is 0 Å². The van der Waals surface area contributed by atoms with Gasteiger partial charge in [-0.1, -0.05) is 0 Å². The summed E-state index contributed by atoms with van der Waals surface area (Å²) in [7, 11) is 0. The van der Waals surface area contributed by atoms with Crippen molar-refractivity contribution in [1.82, 2.24) is 4.90 Å². The van der Waals surface area contributed by atoms with Crippen LogP contribution in [0.4, 0.5) is 0 Å². The van der Waals surface area contributed by atoms with Crippen LogP contribution in [-0.4, -0.2) is 23.3 Å². The Balaban J connectivity index is 2.01. The summed E-state index contributed by atoms with van der Waals surface area (Å²) in [5.41, 5.74) is 0. The SMILES string of the molecule is O=C1C=CC(=O)N1C[C]1CC1. The lowest BCUT2D eigenvalue weighted by Crippen LogP contribution is -2.31. The number of hydrogen-bond acceptors (Lipinski definition) is 2. The van der Waals surface area contributed by atoms with Crippen molar-refractivity contribution in [3.8, 4) is 0 Å². The van der Waals surface area contributed by atoms with Gasteiger partial charge in [0.15, 0.2) is 0 Å². The van der Waals surface area contributed by atoms with E-state index in [1.165, 1.54) is 23.0 Å². The Morgan fingerprint density at radius 1 is 1.18 bits per heavy atom. The Morgan fingerprint density at radius 3 is 2.18 bits per heavy atom. The standard InChI is InChI=1S/C8H8NO2/c10-7-3-4-8(11)9(7)5-6-1-2-6/h3-4H,1-2,5H2. The number of amides is 2. The molecule has 0 atom stereocenters. The van der Waals surface area contributed by atoms with Crippen molar-refractivity contribution in [2.45, 2.75) is 12.8 Å². The van der Waals surface area contributed by atoms with Crippen LogP contribution in [0.15, 0.2) is 12.2 Å². The molecular weight excluding hydrogens is 142 g/mol. The number of rotatable bonds is 2. The molecule has 0 N–H and O–H groups in total. The van der Waals surface area contributed by atoms with Crippen LogP contribution in [0, 0.1) is 5.92 Å². The Labute approximate surface area is 64.7 Å². The van der Waals surface area contributed by atoms with Crippen molar-refractivity contribution in [3.63, 3.8) is 0 Å². The normalized spacial score (nSPS) is 23.5. The topological polar surface area (TPSA) is 37.4 Å². The summed E-state index contributed by atoms with van der Waals surface area (Å²) in [6.07, 6.45) is 4.81. The van der Waals surface area contributed by atoms with Gasteiger partial charge in [0.1, 0.15) is 0 Å². The Morgan fingerprint density at radius 2 is 1.73 bits per heavy atom. The molecule has 1 radical (unpaired) electrons. The summed E-state index contributed by atoms with van der Waals surface area (Å²) in [4.78, 5) is 23.2. The van der Waals surface area contributed by atoms with Crippen LogP contribution < -0.4 is 0 Å². The molecule has 1 fully saturated rings. The molecule has 2 amide bonds. The van der Waals surface area contributed by atoms with Crippen molar-refractivity contribution in [2.75, 3.05) is 6.54 Å². The maximum Gasteiger partial charge on any atom is 0.253 e. The highest BCUT2D eigenvalue weighted by Crippen LogP contribution is 2.32. The van der Waals surface area contributed by atoms with E-state index in [1.54, 1.807) is 0 Å². The minimum absolute atomic E-state index is 0.172. The average Bonchev–Trinajstić information content (AvgIpc) is 2.73. The minimum Gasteiger partial charge on any atom is -0.275 e. The van der Waals surface area contributed by atoms with Crippen molar-refractivity contribution in [2.24, 2.45) is 0 Å². The van der Waals surface area contributed by atoms with Crippen LogP contribution in [0.2, 0.25) is 0 Å². The van der Waals surface area contributed by atoms with Gasteiger partial charge in [-0.3, -0.25) is 14.5 Å². The van der Waals surface area contributed by atoms with E-state index in [1.807, 2.05) is 0 Å². The summed E-state index contributed by atoms with van der Waals surface area (Å²) >= 11 is 0. The molecule has 3 heteroatoms. The van der Waals surface area contributed by atoms with Crippen LogP contribution in [-0.2, 0) is 9.59 Å². The summed E-state index contributed by atoms with van der Waals surface area (Å²) in [6, 6.07) is 0. The van der Waals surface area contributed by atoms with Gasteiger partial charge in [-0.2, -0.15) is 0 Å². The predicted octanol–water partition coefficient (Wildman–Crippen LogP) is 0.280. The highest BCUT2D eigenvalue weighted by Gasteiger charge is 2.31. The van der Waals surface area contributed by atoms with Gasteiger partial charge in [0, 0.05) is 18.7 Å². The van der Waals surface area contributed by atoms with E-state index < -0.39 is 0 Å². The minimum atomic E-state index is -0.172. The van der Waals surface area contributed by atoms with Gasteiger partial charge < -0.3 is 0 Å². The fraction of sp³-hybridized carbons (Fsp3) is 0.375. The molecule has 2 aliphatic rings. The van der Waals surface area contributed by atoms with E-state index in [0.29, 0.717) is 6.54 Å². The first kappa shape index (κ1) is 6.58. The van der Waals surface area contributed by atoms with Crippen LogP contribution >= 0.6 is 0 Å². The number of imide groups is 1. The molecule has 1 aliphatic heterocycles. The molecule has 0 aromatic carbocycles. The summed E-state index contributed by atoms with van der Waals surface area (Å²) in [5, 5.41) is 0. The largest absolute Gasteiger partial charge is 0.275 e. The van der Waals surface area contributed by atoms with Crippen LogP contribution in [0.5, 0.6) is 0 Å². The highest BCUT2D eigenvalue weighted by atomic mass is 16.2. The van der Waals surface area contributed by atoms with Crippen LogP contribution in [0.1, 0.15) is 12.8 Å². The van der Waals surface area contributed by atoms with E-state index in [0.717, 1.165) is 12.8 Å². The lowest BCUT2D eigenvalue weighted by Gasteiger charge is -2.11. The van der Waals surface area contributed by atoms with Crippen molar-refractivity contribution in [1.29, 1.82) is 0 Å². The Bertz CT molecular complexity index is 222. The average molecular weight is 150 g/mol. The molecule has 0 saturated heterocycles. The molecule has 2 rings (SSSR count). The van der Waals surface area contributed by atoms with Gasteiger partial charge in [-0.25, -0.2) is 0 Å². The summed E-state index contributed by atoms with van der Waals surface area (Å²) in [6.45, 7) is 0.546. The summed E-state index contributed by atoms with van der Waals surface area (Å²) in [5.74, 6) is 0.958. The fourth-order valence-electron chi connectivity index (χ4n) is 1.06. The zero-order valence-corrected chi connectivity index (χ0v) is 6.04. The molecule has 0 spiro atoms. The smallest absolute Gasteiger partial charge is 0.253 e. The first-order chi connectivity index (χ1) is 5.27. The Kier molecular flexibility index (Phi) is 1.31. The number of carbonyl (C=O) groups is 2. The third-order valence-corrected chi connectivity index (χ3v) is 1.89. The van der Waals surface area contributed by atoms with E-state index in [-0.39, 0.29) is 11.8 Å². The van der Waals surface area contributed by atoms with E-state index in [4.69, 9.17) is 0 Å². The van der Waals surface area contributed by atoms with E-state index in [2.05, 4.69) is 0 Å². The molecule has 1 heterocycles. The van der Waals surface area contributed by atoms with Crippen molar-refractivity contribution >= 4 is 11.8 Å². The second kappa shape index (κ2) is 2.19. The summed E-state index contributed by atoms with van der Waals surface area (Å²) < 4.78 is 0. The van der Waals surface area contributed by atoms with Crippen molar-refractivity contribution in [3.05, 3.63) is 18.1 Å². The van der Waals surface area contributed by atoms with E-state index in [9.17, 15) is 9.59 Å². The lowest BCUT2D eigenvalue weighted by molar-refractivity contribution is -0.136. The first-order valence-electron chi connectivity index (χ1n) is 3.64. The van der Waals surface area contributed by atoms with Gasteiger partial charge in [-0.05, 0) is 18.8 Å². The quantitative estimate of drug-likeness (QED) is 0.530. The predicted molar refractivity (Wildman–Crippen MR) is 38.3 cm³/mol. The molecule has 0 unspecified atom stereocenters. The van der Waals surface area contributed by atoms with E-state index >= 15 is 0 Å². The van der Waals surface area contributed by atoms with Gasteiger partial charge in [-0.15, -0.1) is 0 Å². The molecule has 57 valence electrons. The molecule has 1 saturated carbocycles. The molecule has 11 heavy (non-hydrogen) atoms. The lowest BCUT2D eigenvalue weighted by atomic mass is 10.4. The molecular formula is C8H8NO2. The third kappa shape index (κ3) is 1.18. The number of carbonyl (C=O) groups excluding carboxylic acids is 2. The second-order valence-corrected chi connectivity index (χ2v) is 2.85. The second-order valence-electron chi connectivity index (χ2n) is 2.85. The third-order valence-electron chi connectivity index (χ3n) is 1.89. The first-order valence-corrected chi connectivity index (χ1v) is 3.64. The monoisotopic (exact) mass is 150 g/mol. The fourth-order valence-corrected chi connectivity index (χ4v) is 1.06. The van der Waals surface area contributed by atoms with Gasteiger partial charge >= 0.3 is 0 Å². The number of hydrogen-bond donors (Lipinski definition) is 0. The maximum atomic E-state index is 11.0. The highest BCUT2D eigenvalue weighted by molar-refractivity contribution is 6.13. The number of nitrogens with zero attached hydrogens (tertiary/aromatic N) is 1. The Hall–Kier alpha value is -1.12. The van der Waals surface area contributed by atoms with Gasteiger partial charge in [0.2, 0.25) is 0 Å². The molecule has 0 aromatic rings. The van der Waals surface area contributed by atoms with Gasteiger partial charge in [0.25, 0.3) is 11.8 Å². The zero-order chi connectivity index (χ0) is 7.84. The van der Waals surface area contributed by atoms with Crippen LogP contribution in [0.3, 0.4) is 0 Å². The molecule has 0 bridgehead atoms. The molecule has 1 aliphatic carbocycles. The maximum absolute atomic E-state index is 11.0. The molecule has 0 aromatic heterocycles. The zero-order valence-electron chi connectivity index (χ0n) is 6.04. The van der Waals surface area contributed by atoms with Crippen molar-refractivity contribution < 1.29 is 9.59 Å². The molecule has 3 nitrogen and oxygen atoms in total.